The molecule has 7 aromatic carbocycles. The van der Waals surface area contributed by atoms with Gasteiger partial charge in [-0.3, -0.25) is 4.98 Å². The Balaban J connectivity index is 1.22. The van der Waals surface area contributed by atoms with Gasteiger partial charge in [0.15, 0.2) is 0 Å². The predicted octanol–water partition coefficient (Wildman–Crippen LogP) is 13.4. The smallest absolute Gasteiger partial charge is 0.0702 e. The highest BCUT2D eigenvalue weighted by atomic mass is 14.7. The van der Waals surface area contributed by atoms with Gasteiger partial charge < -0.3 is 0 Å². The summed E-state index contributed by atoms with van der Waals surface area (Å²) < 4.78 is 0. The average molecular weight is 652 g/mol. The van der Waals surface area contributed by atoms with Gasteiger partial charge in [-0.2, -0.15) is 0 Å². The fraction of sp³-hybridized carbons (Fsp3) is 0.0200. The van der Waals surface area contributed by atoms with Crippen molar-refractivity contribution in [3.8, 4) is 44.6 Å². The van der Waals surface area contributed by atoms with Gasteiger partial charge in [0.1, 0.15) is 0 Å². The maximum absolute atomic E-state index is 4.62. The van der Waals surface area contributed by atoms with Gasteiger partial charge in [-0.25, -0.2) is 0 Å². The van der Waals surface area contributed by atoms with Crippen LogP contribution in [0, 0.1) is 0 Å². The van der Waals surface area contributed by atoms with E-state index in [4.69, 9.17) is 0 Å². The van der Waals surface area contributed by atoms with Gasteiger partial charge in [-0.05, 0) is 96.2 Å². The molecule has 0 aliphatic rings. The van der Waals surface area contributed by atoms with E-state index in [1.807, 2.05) is 24.4 Å². The van der Waals surface area contributed by atoms with Gasteiger partial charge in [-0.1, -0.05) is 183 Å². The molecule has 0 saturated carbocycles. The first kappa shape index (κ1) is 31.7. The van der Waals surface area contributed by atoms with Crippen LogP contribution in [0.2, 0.25) is 0 Å². The Labute approximate surface area is 300 Å². The molecule has 1 nitrogen and oxygen atoms in total. The summed E-state index contributed by atoms with van der Waals surface area (Å²) in [6.07, 6.45) is 11.3. The lowest BCUT2D eigenvalue weighted by molar-refractivity contribution is 1.32. The SMILES string of the molecule is C=C/C(=C\C=C/Cc1c2ccccc2c(-c2cccc(-c3ccccn3)c2)c2ccccc12)c1c(-c2ccccc2)cccc1-c1ccccc1. The highest BCUT2D eigenvalue weighted by Crippen LogP contribution is 2.41. The Kier molecular flexibility index (Phi) is 9.01. The van der Waals surface area contributed by atoms with Crippen LogP contribution in [0.15, 0.2) is 207 Å². The summed E-state index contributed by atoms with van der Waals surface area (Å²) in [7, 11) is 0. The first-order chi connectivity index (χ1) is 25.3. The number of nitrogens with zero attached hydrogens (tertiary/aromatic N) is 1. The second-order valence-electron chi connectivity index (χ2n) is 12.7. The topological polar surface area (TPSA) is 12.9 Å². The monoisotopic (exact) mass is 651 g/mol. The minimum Gasteiger partial charge on any atom is -0.256 e. The molecule has 0 saturated heterocycles. The standard InChI is InChI=1S/C50H37N/c1-2-36(49-41(37-20-5-3-6-21-37)31-18-32-42(49)38-22-7-4-8-23-38)19-9-10-26-43-44-27-11-13-29-46(44)50(47-30-14-12-28-45(43)47)40-25-17-24-39(35-40)48-33-15-16-34-51-48/h2-25,27-35H,1,26H2/b10-9-,36-19+. The first-order valence-corrected chi connectivity index (χ1v) is 17.5. The molecule has 0 spiro atoms. The van der Waals surface area contributed by atoms with Crippen molar-refractivity contribution in [2.75, 3.05) is 0 Å². The molecule has 0 fully saturated rings. The Bertz CT molecular complexity index is 2430. The molecular formula is C50H37N. The van der Waals surface area contributed by atoms with Crippen LogP contribution in [-0.4, -0.2) is 4.98 Å². The van der Waals surface area contributed by atoms with E-state index >= 15 is 0 Å². The number of hydrogen-bond acceptors (Lipinski definition) is 1. The van der Waals surface area contributed by atoms with Gasteiger partial charge in [-0.15, -0.1) is 0 Å². The van der Waals surface area contributed by atoms with Crippen molar-refractivity contribution in [2.45, 2.75) is 6.42 Å². The van der Waals surface area contributed by atoms with Crippen molar-refractivity contribution in [3.05, 3.63) is 218 Å². The van der Waals surface area contributed by atoms with Crippen LogP contribution >= 0.6 is 0 Å². The van der Waals surface area contributed by atoms with Crippen LogP contribution in [0.3, 0.4) is 0 Å². The lowest BCUT2D eigenvalue weighted by Gasteiger charge is -2.17. The average Bonchev–Trinajstić information content (AvgIpc) is 3.21. The zero-order valence-electron chi connectivity index (χ0n) is 28.4. The number of allylic oxidation sites excluding steroid dienone is 5. The van der Waals surface area contributed by atoms with Crippen LogP contribution in [0.4, 0.5) is 0 Å². The molecule has 1 heterocycles. The van der Waals surface area contributed by atoms with Gasteiger partial charge in [0.25, 0.3) is 0 Å². The zero-order valence-corrected chi connectivity index (χ0v) is 28.4. The van der Waals surface area contributed by atoms with Crippen molar-refractivity contribution in [2.24, 2.45) is 0 Å². The Morgan fingerprint density at radius 1 is 0.510 bits per heavy atom. The number of hydrogen-bond donors (Lipinski definition) is 0. The minimum atomic E-state index is 0.794. The molecule has 1 aromatic heterocycles. The maximum atomic E-state index is 4.62. The second-order valence-corrected chi connectivity index (χ2v) is 12.7. The molecule has 0 atom stereocenters. The molecule has 51 heavy (non-hydrogen) atoms. The third-order valence-electron chi connectivity index (χ3n) is 9.63. The number of rotatable bonds is 9. The first-order valence-electron chi connectivity index (χ1n) is 17.5. The van der Waals surface area contributed by atoms with E-state index in [2.05, 4.69) is 188 Å². The lowest BCUT2D eigenvalue weighted by atomic mass is 9.86. The van der Waals surface area contributed by atoms with Gasteiger partial charge in [0, 0.05) is 11.8 Å². The number of fused-ring (bicyclic) bond motifs is 2. The molecule has 8 rings (SSSR count). The molecule has 1 heteroatoms. The van der Waals surface area contributed by atoms with Crippen molar-refractivity contribution >= 4 is 27.1 Å². The van der Waals surface area contributed by atoms with Gasteiger partial charge in [0.2, 0.25) is 0 Å². The zero-order chi connectivity index (χ0) is 34.4. The molecule has 0 amide bonds. The third-order valence-corrected chi connectivity index (χ3v) is 9.63. The molecule has 0 radical (unpaired) electrons. The lowest BCUT2D eigenvalue weighted by Crippen LogP contribution is -1.94. The van der Waals surface area contributed by atoms with Crippen LogP contribution in [-0.2, 0) is 6.42 Å². The molecule has 0 bridgehead atoms. The van der Waals surface area contributed by atoms with Crippen LogP contribution in [0.25, 0.3) is 71.8 Å². The maximum Gasteiger partial charge on any atom is 0.0702 e. The molecule has 0 N–H and O–H groups in total. The Hall–Kier alpha value is -6.57. The number of aromatic nitrogens is 1. The van der Waals surface area contributed by atoms with E-state index in [-0.39, 0.29) is 0 Å². The predicted molar refractivity (Wildman–Crippen MR) is 218 cm³/mol. The molecular weight excluding hydrogens is 615 g/mol. The second kappa shape index (κ2) is 14.5. The third kappa shape index (κ3) is 6.34. The summed E-state index contributed by atoms with van der Waals surface area (Å²) in [4.78, 5) is 4.62. The number of pyridine rings is 1. The fourth-order valence-electron chi connectivity index (χ4n) is 7.31. The van der Waals surface area contributed by atoms with Crippen LogP contribution in [0.5, 0.6) is 0 Å². The van der Waals surface area contributed by atoms with Gasteiger partial charge in [0.05, 0.1) is 5.69 Å². The highest BCUT2D eigenvalue weighted by Gasteiger charge is 2.16. The van der Waals surface area contributed by atoms with Crippen LogP contribution < -0.4 is 0 Å². The fourth-order valence-corrected chi connectivity index (χ4v) is 7.31. The largest absolute Gasteiger partial charge is 0.256 e. The summed E-state index contributed by atoms with van der Waals surface area (Å²) in [5, 5.41) is 5.05. The normalized spacial score (nSPS) is 11.7. The summed E-state index contributed by atoms with van der Waals surface area (Å²) in [5.41, 5.74) is 12.9. The Morgan fingerprint density at radius 2 is 1.04 bits per heavy atom. The summed E-state index contributed by atoms with van der Waals surface area (Å²) in [5.74, 6) is 0. The minimum absolute atomic E-state index is 0.794. The Morgan fingerprint density at radius 3 is 1.63 bits per heavy atom. The van der Waals surface area contributed by atoms with E-state index in [1.54, 1.807) is 0 Å². The van der Waals surface area contributed by atoms with Crippen molar-refractivity contribution in [1.29, 1.82) is 0 Å². The highest BCUT2D eigenvalue weighted by molar-refractivity contribution is 6.15. The summed E-state index contributed by atoms with van der Waals surface area (Å²) >= 11 is 0. The summed E-state index contributed by atoms with van der Waals surface area (Å²) in [6, 6.07) is 60.3. The van der Waals surface area contributed by atoms with Crippen LogP contribution in [0.1, 0.15) is 11.1 Å². The van der Waals surface area contributed by atoms with E-state index in [0.717, 1.165) is 23.3 Å². The van der Waals surface area contributed by atoms with Crippen molar-refractivity contribution in [3.63, 3.8) is 0 Å². The number of benzene rings is 7. The molecule has 0 unspecified atom stereocenters. The molecule has 242 valence electrons. The van der Waals surface area contributed by atoms with Crippen molar-refractivity contribution < 1.29 is 0 Å². The van der Waals surface area contributed by atoms with Gasteiger partial charge >= 0.3 is 0 Å². The van der Waals surface area contributed by atoms with E-state index in [9.17, 15) is 0 Å². The van der Waals surface area contributed by atoms with E-state index < -0.39 is 0 Å². The quantitative estimate of drug-likeness (QED) is 0.112. The van der Waals surface area contributed by atoms with Crippen molar-refractivity contribution in [1.82, 2.24) is 4.98 Å². The van der Waals surface area contributed by atoms with E-state index in [0.29, 0.717) is 0 Å². The molecule has 0 aliphatic carbocycles. The molecule has 8 aromatic rings. The molecule has 0 aliphatic heterocycles. The van der Waals surface area contributed by atoms with E-state index in [1.165, 1.54) is 66.1 Å². The summed E-state index contributed by atoms with van der Waals surface area (Å²) in [6.45, 7) is 4.28.